The second kappa shape index (κ2) is 7.45. The fourth-order valence-corrected chi connectivity index (χ4v) is 2.73. The second-order valence-electron chi connectivity index (χ2n) is 4.35. The molecule has 0 aliphatic carbocycles. The summed E-state index contributed by atoms with van der Waals surface area (Å²) in [6.07, 6.45) is 1.11. The van der Waals surface area contributed by atoms with Gasteiger partial charge in [-0.2, -0.15) is 0 Å². The molecule has 0 radical (unpaired) electrons. The molecule has 1 aromatic carbocycles. The number of halogens is 3. The van der Waals surface area contributed by atoms with Crippen molar-refractivity contribution in [1.82, 2.24) is 0 Å². The van der Waals surface area contributed by atoms with Gasteiger partial charge in [-0.1, -0.05) is 22.9 Å². The van der Waals surface area contributed by atoms with E-state index in [0.717, 1.165) is 0 Å². The third-order valence-corrected chi connectivity index (χ3v) is 4.30. The molecule has 108 valence electrons. The lowest BCUT2D eigenvalue weighted by atomic mass is 10.1. The highest BCUT2D eigenvalue weighted by Gasteiger charge is 2.10. The Hall–Kier alpha value is -0.330. The molecule has 3 nitrogen and oxygen atoms in total. The van der Waals surface area contributed by atoms with E-state index in [2.05, 4.69) is 15.9 Å². The Kier molecular flexibility index (Phi) is 6.56. The molecule has 1 aromatic rings. The zero-order chi connectivity index (χ0) is 14.5. The number of hydrogen-bond donors (Lipinski definition) is 0. The van der Waals surface area contributed by atoms with Crippen molar-refractivity contribution in [3.8, 4) is 5.75 Å². The fourth-order valence-electron chi connectivity index (χ4n) is 1.45. The van der Waals surface area contributed by atoms with Crippen molar-refractivity contribution in [1.29, 1.82) is 0 Å². The highest BCUT2D eigenvalue weighted by atomic mass is 79.9. The molecule has 1 unspecified atom stereocenters. The van der Waals surface area contributed by atoms with E-state index in [1.807, 2.05) is 6.92 Å². The maximum absolute atomic E-state index is 13.4. The molecule has 7 heteroatoms. The number of rotatable bonds is 7. The molecule has 0 aliphatic heterocycles. The summed E-state index contributed by atoms with van der Waals surface area (Å²) in [4.78, 5) is 0. The van der Waals surface area contributed by atoms with Crippen molar-refractivity contribution in [3.05, 3.63) is 28.5 Å². The van der Waals surface area contributed by atoms with Crippen molar-refractivity contribution in [2.75, 3.05) is 12.4 Å². The highest BCUT2D eigenvalue weighted by molar-refractivity contribution is 9.10. The summed E-state index contributed by atoms with van der Waals surface area (Å²) in [7, 11) is 1.69. The van der Waals surface area contributed by atoms with Crippen LogP contribution < -0.4 is 4.74 Å². The van der Waals surface area contributed by atoms with Crippen molar-refractivity contribution in [3.63, 3.8) is 0 Å². The monoisotopic (exact) mass is 372 g/mol. The van der Waals surface area contributed by atoms with Gasteiger partial charge in [0.15, 0.2) is 11.6 Å². The van der Waals surface area contributed by atoms with E-state index in [-0.39, 0.29) is 17.4 Å². The van der Waals surface area contributed by atoms with Crippen LogP contribution in [0.3, 0.4) is 0 Å². The summed E-state index contributed by atoms with van der Waals surface area (Å²) in [5, 5.41) is 0. The smallest absolute Gasteiger partial charge is 0.232 e. The molecule has 0 aromatic heterocycles. The first kappa shape index (κ1) is 16.7. The first-order valence-corrected chi connectivity index (χ1v) is 9.05. The number of benzene rings is 1. The number of ether oxygens (including phenoxy) is 1. The minimum Gasteiger partial charge on any atom is -0.491 e. The first-order chi connectivity index (χ1) is 8.78. The van der Waals surface area contributed by atoms with E-state index in [1.54, 1.807) is 12.1 Å². The molecule has 0 saturated carbocycles. The molecule has 0 bridgehead atoms. The third kappa shape index (κ3) is 7.13. The zero-order valence-electron chi connectivity index (χ0n) is 10.4. The Balaban J connectivity index is 2.33. The molecule has 0 aliphatic rings. The van der Waals surface area contributed by atoms with Crippen LogP contribution in [0, 0.1) is 11.7 Å². The fraction of sp³-hybridized carbons (Fsp3) is 0.500. The zero-order valence-corrected chi connectivity index (χ0v) is 13.6. The lowest BCUT2D eigenvalue weighted by molar-refractivity contribution is 0.270. The molecule has 0 amide bonds. The van der Waals surface area contributed by atoms with Gasteiger partial charge in [0.1, 0.15) is 0 Å². The predicted molar refractivity (Wildman–Crippen MR) is 77.6 cm³/mol. The largest absolute Gasteiger partial charge is 0.491 e. The molecule has 1 rings (SSSR count). The SMILES string of the molecule is CC(CCOc1ccc(Br)cc1F)CCS(=O)(=O)Cl. The van der Waals surface area contributed by atoms with Crippen LogP contribution in [0.15, 0.2) is 22.7 Å². The minimum absolute atomic E-state index is 0.0532. The van der Waals surface area contributed by atoms with Crippen molar-refractivity contribution in [2.24, 2.45) is 5.92 Å². The van der Waals surface area contributed by atoms with Crippen LogP contribution in [-0.4, -0.2) is 20.8 Å². The average molecular weight is 374 g/mol. The maximum atomic E-state index is 13.4. The predicted octanol–water partition coefficient (Wildman–Crippen LogP) is 3.95. The highest BCUT2D eigenvalue weighted by Crippen LogP contribution is 2.22. The van der Waals surface area contributed by atoms with Crippen LogP contribution in [0.2, 0.25) is 0 Å². The van der Waals surface area contributed by atoms with E-state index in [0.29, 0.717) is 23.9 Å². The van der Waals surface area contributed by atoms with Gasteiger partial charge in [-0.15, -0.1) is 0 Å². The Labute approximate surface area is 125 Å². The summed E-state index contributed by atoms with van der Waals surface area (Å²) >= 11 is 3.16. The average Bonchev–Trinajstić information content (AvgIpc) is 2.28. The Bertz CT molecular complexity index is 522. The molecule has 1 atom stereocenters. The van der Waals surface area contributed by atoms with Gasteiger partial charge in [0.2, 0.25) is 9.05 Å². The topological polar surface area (TPSA) is 43.4 Å². The number of hydrogen-bond acceptors (Lipinski definition) is 3. The maximum Gasteiger partial charge on any atom is 0.232 e. The van der Waals surface area contributed by atoms with Crippen molar-refractivity contribution < 1.29 is 17.5 Å². The van der Waals surface area contributed by atoms with Gasteiger partial charge < -0.3 is 4.74 Å². The van der Waals surface area contributed by atoms with E-state index < -0.39 is 14.9 Å². The normalized spacial score (nSPS) is 13.3. The lowest BCUT2D eigenvalue weighted by Gasteiger charge is -2.12. The Morgan fingerprint density at radius 3 is 2.68 bits per heavy atom. The molecule has 19 heavy (non-hydrogen) atoms. The summed E-state index contributed by atoms with van der Waals surface area (Å²) in [6.45, 7) is 2.24. The van der Waals surface area contributed by atoms with Gasteiger partial charge in [0, 0.05) is 15.2 Å². The van der Waals surface area contributed by atoms with E-state index in [9.17, 15) is 12.8 Å². The van der Waals surface area contributed by atoms with Gasteiger partial charge in [-0.3, -0.25) is 0 Å². The van der Waals surface area contributed by atoms with Crippen molar-refractivity contribution >= 4 is 35.7 Å². The van der Waals surface area contributed by atoms with E-state index in [4.69, 9.17) is 15.4 Å². The van der Waals surface area contributed by atoms with Crippen LogP contribution in [0.4, 0.5) is 4.39 Å². The van der Waals surface area contributed by atoms with Crippen molar-refractivity contribution in [2.45, 2.75) is 19.8 Å². The molecule has 0 saturated heterocycles. The van der Waals surface area contributed by atoms with Gasteiger partial charge in [-0.25, -0.2) is 12.8 Å². The summed E-state index contributed by atoms with van der Waals surface area (Å²) in [6, 6.07) is 4.58. The Morgan fingerprint density at radius 1 is 1.42 bits per heavy atom. The van der Waals surface area contributed by atoms with Gasteiger partial charge in [-0.05, 0) is 37.0 Å². The molecular formula is C12H15BrClFO3S. The lowest BCUT2D eigenvalue weighted by Crippen LogP contribution is -2.09. The molecule has 0 fully saturated rings. The van der Waals surface area contributed by atoms with Crippen LogP contribution >= 0.6 is 26.6 Å². The summed E-state index contributed by atoms with van der Waals surface area (Å²) in [5.41, 5.74) is 0. The van der Waals surface area contributed by atoms with Gasteiger partial charge in [0.25, 0.3) is 0 Å². The standard InChI is InChI=1S/C12H15BrClFO3S/c1-9(5-7-19(14,16)17)4-6-18-12-3-2-10(13)8-11(12)15/h2-3,8-9H,4-7H2,1H3. The molecule has 0 spiro atoms. The van der Waals surface area contributed by atoms with Gasteiger partial charge >= 0.3 is 0 Å². The summed E-state index contributed by atoms with van der Waals surface area (Å²) in [5.74, 6) is -0.139. The quantitative estimate of drug-likeness (QED) is 0.680. The molecule has 0 N–H and O–H groups in total. The Morgan fingerprint density at radius 2 is 2.11 bits per heavy atom. The van der Waals surface area contributed by atoms with E-state index in [1.165, 1.54) is 6.07 Å². The van der Waals surface area contributed by atoms with Gasteiger partial charge in [0.05, 0.1) is 12.4 Å². The molecule has 0 heterocycles. The van der Waals surface area contributed by atoms with Crippen LogP contribution in [0.5, 0.6) is 5.75 Å². The first-order valence-electron chi connectivity index (χ1n) is 5.78. The minimum atomic E-state index is -3.44. The van der Waals surface area contributed by atoms with Crippen LogP contribution in [0.25, 0.3) is 0 Å². The van der Waals surface area contributed by atoms with Crippen LogP contribution in [-0.2, 0) is 9.05 Å². The summed E-state index contributed by atoms with van der Waals surface area (Å²) < 4.78 is 41.0. The third-order valence-electron chi connectivity index (χ3n) is 2.62. The van der Waals surface area contributed by atoms with E-state index >= 15 is 0 Å². The molecular weight excluding hydrogens is 359 g/mol. The second-order valence-corrected chi connectivity index (χ2v) is 8.16. The van der Waals surface area contributed by atoms with Crippen LogP contribution in [0.1, 0.15) is 19.8 Å².